The van der Waals surface area contributed by atoms with Crippen molar-refractivity contribution in [3.8, 4) is 0 Å². The van der Waals surface area contributed by atoms with Crippen LogP contribution in [0.5, 0.6) is 0 Å². The predicted molar refractivity (Wildman–Crippen MR) is 115 cm³/mol. The lowest BCUT2D eigenvalue weighted by Crippen LogP contribution is -2.30. The molecule has 0 aliphatic heterocycles. The molecule has 1 unspecified atom stereocenters. The van der Waals surface area contributed by atoms with Crippen LogP contribution in [0.15, 0.2) is 59.5 Å². The summed E-state index contributed by atoms with van der Waals surface area (Å²) in [6.45, 7) is 6.40. The number of rotatable bonds is 7. The first-order valence-electron chi connectivity index (χ1n) is 9.75. The maximum absolute atomic E-state index is 12.8. The summed E-state index contributed by atoms with van der Waals surface area (Å²) in [5, 5.41) is 3.73. The highest BCUT2D eigenvalue weighted by Crippen LogP contribution is 2.25. The van der Waals surface area contributed by atoms with Crippen LogP contribution >= 0.6 is 0 Å². The number of sulfonamides is 1. The quantitative estimate of drug-likeness (QED) is 0.642. The van der Waals surface area contributed by atoms with Crippen molar-refractivity contribution < 1.29 is 13.2 Å². The molecule has 1 heterocycles. The van der Waals surface area contributed by atoms with E-state index in [4.69, 9.17) is 0 Å². The maximum atomic E-state index is 12.8. The van der Waals surface area contributed by atoms with Crippen molar-refractivity contribution in [1.29, 1.82) is 0 Å². The molecule has 0 saturated carbocycles. The Labute approximate surface area is 172 Å². The van der Waals surface area contributed by atoms with Crippen LogP contribution in [0, 0.1) is 0 Å². The summed E-state index contributed by atoms with van der Waals surface area (Å²) in [6, 6.07) is 16.3. The summed E-state index contributed by atoms with van der Waals surface area (Å²) in [4.78, 5) is 13.1. The minimum absolute atomic E-state index is 0.139. The van der Waals surface area contributed by atoms with E-state index in [9.17, 15) is 13.2 Å². The standard InChI is InChI=1S/C22H27N3O3S/c1-5-25(6-2)29(27,28)19-12-13-20-18(14-19)15-21(24(20)4)22(26)23-16(3)17-10-8-7-9-11-17/h7-16H,5-6H2,1-4H3,(H,23,26). The number of nitrogens with zero attached hydrogens (tertiary/aromatic N) is 2. The van der Waals surface area contributed by atoms with Crippen LogP contribution in [-0.2, 0) is 17.1 Å². The Kier molecular flexibility index (Phi) is 6.10. The molecule has 2 aromatic carbocycles. The van der Waals surface area contributed by atoms with Crippen LogP contribution in [0.3, 0.4) is 0 Å². The Hall–Kier alpha value is -2.64. The van der Waals surface area contributed by atoms with E-state index >= 15 is 0 Å². The summed E-state index contributed by atoms with van der Waals surface area (Å²) in [5.41, 5.74) is 2.31. The molecule has 1 N–H and O–H groups in total. The topological polar surface area (TPSA) is 71.4 Å². The van der Waals surface area contributed by atoms with Crippen molar-refractivity contribution in [2.45, 2.75) is 31.7 Å². The number of fused-ring (bicyclic) bond motifs is 1. The Bertz CT molecular complexity index is 1120. The summed E-state index contributed by atoms with van der Waals surface area (Å²) in [6.07, 6.45) is 0. The molecule has 1 atom stereocenters. The molecule has 0 aliphatic carbocycles. The van der Waals surface area contributed by atoms with Gasteiger partial charge in [0.2, 0.25) is 10.0 Å². The second-order valence-corrected chi connectivity index (χ2v) is 8.94. The van der Waals surface area contributed by atoms with Gasteiger partial charge in [-0.05, 0) is 36.8 Å². The van der Waals surface area contributed by atoms with Crippen molar-refractivity contribution in [2.75, 3.05) is 13.1 Å². The monoisotopic (exact) mass is 413 g/mol. The van der Waals surface area contributed by atoms with Crippen molar-refractivity contribution >= 4 is 26.8 Å². The zero-order valence-corrected chi connectivity index (χ0v) is 18.0. The normalized spacial score (nSPS) is 13.0. The molecule has 3 rings (SSSR count). The molecule has 7 heteroatoms. The van der Waals surface area contributed by atoms with E-state index in [1.165, 1.54) is 4.31 Å². The number of carbonyl (C=O) groups excluding carboxylic acids is 1. The molecule has 0 radical (unpaired) electrons. The van der Waals surface area contributed by atoms with Crippen LogP contribution < -0.4 is 5.32 Å². The van der Waals surface area contributed by atoms with Crippen LogP contribution in [0.4, 0.5) is 0 Å². The van der Waals surface area contributed by atoms with Gasteiger partial charge in [0, 0.05) is 31.0 Å². The van der Waals surface area contributed by atoms with E-state index in [1.54, 1.807) is 28.8 Å². The van der Waals surface area contributed by atoms with Gasteiger partial charge in [-0.2, -0.15) is 4.31 Å². The fraction of sp³-hybridized carbons (Fsp3) is 0.318. The molecule has 3 aromatic rings. The second kappa shape index (κ2) is 8.39. The maximum Gasteiger partial charge on any atom is 0.268 e. The highest BCUT2D eigenvalue weighted by Gasteiger charge is 2.23. The van der Waals surface area contributed by atoms with Crippen molar-refractivity contribution in [2.24, 2.45) is 7.05 Å². The van der Waals surface area contributed by atoms with E-state index in [0.717, 1.165) is 16.5 Å². The molecule has 0 aliphatic rings. The minimum Gasteiger partial charge on any atom is -0.344 e. The molecule has 6 nitrogen and oxygen atoms in total. The van der Waals surface area contributed by atoms with E-state index in [1.807, 2.05) is 58.2 Å². The smallest absolute Gasteiger partial charge is 0.268 e. The third kappa shape index (κ3) is 4.06. The first-order chi connectivity index (χ1) is 13.8. The van der Waals surface area contributed by atoms with Crippen molar-refractivity contribution in [3.63, 3.8) is 0 Å². The van der Waals surface area contributed by atoms with E-state index < -0.39 is 10.0 Å². The molecule has 1 aromatic heterocycles. The molecule has 1 amide bonds. The number of hydrogen-bond donors (Lipinski definition) is 1. The van der Waals surface area contributed by atoms with Crippen LogP contribution in [0.2, 0.25) is 0 Å². The zero-order chi connectivity index (χ0) is 21.2. The number of carbonyl (C=O) groups is 1. The van der Waals surface area contributed by atoms with Gasteiger partial charge in [-0.25, -0.2) is 8.42 Å². The Morgan fingerprint density at radius 2 is 1.72 bits per heavy atom. The summed E-state index contributed by atoms with van der Waals surface area (Å²) >= 11 is 0. The highest BCUT2D eigenvalue weighted by atomic mass is 32.2. The van der Waals surface area contributed by atoms with E-state index in [0.29, 0.717) is 18.8 Å². The minimum atomic E-state index is -3.55. The van der Waals surface area contributed by atoms with Gasteiger partial charge in [-0.1, -0.05) is 44.2 Å². The van der Waals surface area contributed by atoms with Crippen LogP contribution in [0.1, 0.15) is 42.9 Å². The van der Waals surface area contributed by atoms with Crippen LogP contribution in [0.25, 0.3) is 10.9 Å². The van der Waals surface area contributed by atoms with Gasteiger partial charge in [0.25, 0.3) is 5.91 Å². The number of hydrogen-bond acceptors (Lipinski definition) is 3. The first kappa shape index (κ1) is 21.1. The van der Waals surface area contributed by atoms with Gasteiger partial charge >= 0.3 is 0 Å². The highest BCUT2D eigenvalue weighted by molar-refractivity contribution is 7.89. The van der Waals surface area contributed by atoms with Gasteiger partial charge in [0.05, 0.1) is 10.9 Å². The van der Waals surface area contributed by atoms with Gasteiger partial charge < -0.3 is 9.88 Å². The molecule has 29 heavy (non-hydrogen) atoms. The molecule has 154 valence electrons. The third-order valence-electron chi connectivity index (χ3n) is 5.24. The SMILES string of the molecule is CCN(CC)S(=O)(=O)c1ccc2c(c1)cc(C(=O)NC(C)c1ccccc1)n2C. The van der Waals surface area contributed by atoms with Crippen molar-refractivity contribution in [1.82, 2.24) is 14.2 Å². The van der Waals surface area contributed by atoms with Crippen molar-refractivity contribution in [3.05, 3.63) is 65.9 Å². The molecule has 0 saturated heterocycles. The molecule has 0 fully saturated rings. The Morgan fingerprint density at radius 3 is 2.34 bits per heavy atom. The molecule has 0 spiro atoms. The fourth-order valence-electron chi connectivity index (χ4n) is 3.51. The first-order valence-corrected chi connectivity index (χ1v) is 11.2. The average Bonchev–Trinajstić information content (AvgIpc) is 3.05. The zero-order valence-electron chi connectivity index (χ0n) is 17.2. The van der Waals surface area contributed by atoms with Gasteiger partial charge in [0.15, 0.2) is 0 Å². The van der Waals surface area contributed by atoms with Gasteiger partial charge in [0.1, 0.15) is 5.69 Å². The summed E-state index contributed by atoms with van der Waals surface area (Å²) in [7, 11) is -1.74. The Balaban J connectivity index is 1.92. The van der Waals surface area contributed by atoms with E-state index in [2.05, 4.69) is 5.32 Å². The molecular weight excluding hydrogens is 386 g/mol. The number of aromatic nitrogens is 1. The number of aryl methyl sites for hydroxylation is 1. The van der Waals surface area contributed by atoms with Crippen LogP contribution in [-0.4, -0.2) is 36.3 Å². The summed E-state index contributed by atoms with van der Waals surface area (Å²) < 4.78 is 28.8. The molecular formula is C22H27N3O3S. The average molecular weight is 414 g/mol. The van der Waals surface area contributed by atoms with E-state index in [-0.39, 0.29) is 16.8 Å². The lowest BCUT2D eigenvalue weighted by molar-refractivity contribution is 0.0932. The second-order valence-electron chi connectivity index (χ2n) is 7.00. The summed E-state index contributed by atoms with van der Waals surface area (Å²) in [5.74, 6) is -0.201. The number of nitrogens with one attached hydrogen (secondary N) is 1. The van der Waals surface area contributed by atoms with Gasteiger partial charge in [-0.3, -0.25) is 4.79 Å². The number of benzene rings is 2. The molecule has 0 bridgehead atoms. The fourth-order valence-corrected chi connectivity index (χ4v) is 5.01. The number of amides is 1. The third-order valence-corrected chi connectivity index (χ3v) is 7.28. The predicted octanol–water partition coefficient (Wildman–Crippen LogP) is 3.70. The lowest BCUT2D eigenvalue weighted by Gasteiger charge is -2.18. The lowest BCUT2D eigenvalue weighted by atomic mass is 10.1. The Morgan fingerprint density at radius 1 is 1.07 bits per heavy atom. The largest absolute Gasteiger partial charge is 0.344 e. The van der Waals surface area contributed by atoms with Gasteiger partial charge in [-0.15, -0.1) is 0 Å².